The predicted octanol–water partition coefficient (Wildman–Crippen LogP) is 2.41. The zero-order chi connectivity index (χ0) is 13.8. The lowest BCUT2D eigenvalue weighted by atomic mass is 9.86. The van der Waals surface area contributed by atoms with Crippen LogP contribution in [0, 0.1) is 5.92 Å². The predicted molar refractivity (Wildman–Crippen MR) is 83.8 cm³/mol. The molecule has 1 aliphatic rings. The zero-order valence-corrected chi connectivity index (χ0v) is 11.7. The second kappa shape index (κ2) is 5.99. The molecule has 0 atom stereocenters. The molecule has 3 rings (SSSR count). The molecule has 0 radical (unpaired) electrons. The highest BCUT2D eigenvalue weighted by atomic mass is 15.1. The Morgan fingerprint density at radius 3 is 3.05 bits per heavy atom. The third-order valence-electron chi connectivity index (χ3n) is 4.08. The highest BCUT2D eigenvalue weighted by molar-refractivity contribution is 5.80. The van der Waals surface area contributed by atoms with Crippen LogP contribution in [0.3, 0.4) is 0 Å². The van der Waals surface area contributed by atoms with Gasteiger partial charge < -0.3 is 16.0 Å². The monoisotopic (exact) mass is 270 g/mol. The second-order valence-corrected chi connectivity index (χ2v) is 5.60. The molecule has 0 amide bonds. The van der Waals surface area contributed by atoms with Crippen molar-refractivity contribution in [2.75, 3.05) is 13.1 Å². The lowest BCUT2D eigenvalue weighted by Gasteiger charge is -2.23. The van der Waals surface area contributed by atoms with E-state index in [0.717, 1.165) is 25.4 Å². The highest BCUT2D eigenvalue weighted by Gasteiger charge is 2.16. The molecule has 106 valence electrons. The highest BCUT2D eigenvalue weighted by Crippen LogP contribution is 2.26. The van der Waals surface area contributed by atoms with Gasteiger partial charge in [0.2, 0.25) is 0 Å². The molecule has 1 aromatic heterocycles. The number of nitrogens with zero attached hydrogens (tertiary/aromatic N) is 1. The summed E-state index contributed by atoms with van der Waals surface area (Å²) in [4.78, 5) is 7.60. The summed E-state index contributed by atoms with van der Waals surface area (Å²) in [5, 5.41) is 4.45. The van der Waals surface area contributed by atoms with Crippen LogP contribution >= 0.6 is 0 Å². The summed E-state index contributed by atoms with van der Waals surface area (Å²) >= 11 is 0. The molecule has 0 spiro atoms. The third-order valence-corrected chi connectivity index (χ3v) is 4.08. The third kappa shape index (κ3) is 3.13. The Balaban J connectivity index is 1.46. The summed E-state index contributed by atoms with van der Waals surface area (Å²) in [5.74, 6) is 1.35. The fourth-order valence-electron chi connectivity index (χ4n) is 2.55. The van der Waals surface area contributed by atoms with Crippen LogP contribution in [0.25, 0.3) is 10.9 Å². The molecule has 1 fully saturated rings. The molecular weight excluding hydrogens is 248 g/mol. The summed E-state index contributed by atoms with van der Waals surface area (Å²) < 4.78 is 0. The van der Waals surface area contributed by atoms with Crippen molar-refractivity contribution in [2.24, 2.45) is 16.6 Å². The van der Waals surface area contributed by atoms with E-state index in [1.165, 1.54) is 35.7 Å². The average Bonchev–Trinajstić information content (AvgIpc) is 2.84. The molecule has 0 bridgehead atoms. The van der Waals surface area contributed by atoms with E-state index in [-0.39, 0.29) is 0 Å². The lowest BCUT2D eigenvalue weighted by molar-refractivity contribution is 0.326. The van der Waals surface area contributed by atoms with Crippen molar-refractivity contribution in [3.05, 3.63) is 36.0 Å². The van der Waals surface area contributed by atoms with Gasteiger partial charge in [0.15, 0.2) is 5.96 Å². The Morgan fingerprint density at radius 2 is 2.25 bits per heavy atom. The van der Waals surface area contributed by atoms with E-state index >= 15 is 0 Å². The Bertz CT molecular complexity index is 595. The first-order chi connectivity index (χ1) is 9.81. The lowest BCUT2D eigenvalue weighted by Crippen LogP contribution is -2.34. The number of aliphatic imine (C=N–C) groups is 1. The molecular formula is C16H22N4. The average molecular weight is 270 g/mol. The first-order valence-electron chi connectivity index (χ1n) is 7.41. The molecule has 1 heterocycles. The fourth-order valence-corrected chi connectivity index (χ4v) is 2.55. The molecule has 4 heteroatoms. The number of aromatic nitrogens is 1. The van der Waals surface area contributed by atoms with E-state index in [0.29, 0.717) is 5.96 Å². The number of aromatic amines is 1. The zero-order valence-electron chi connectivity index (χ0n) is 11.7. The van der Waals surface area contributed by atoms with Crippen LogP contribution in [-0.2, 0) is 6.42 Å². The molecule has 4 nitrogen and oxygen atoms in total. The SMILES string of the molecule is NC(=NCC1CCC1)NCCc1ccc2[nH]ccc2c1. The van der Waals surface area contributed by atoms with Gasteiger partial charge >= 0.3 is 0 Å². The topological polar surface area (TPSA) is 66.2 Å². The summed E-state index contributed by atoms with van der Waals surface area (Å²) in [6.07, 6.45) is 6.91. The van der Waals surface area contributed by atoms with Crippen molar-refractivity contribution in [1.82, 2.24) is 10.3 Å². The van der Waals surface area contributed by atoms with Crippen molar-refractivity contribution in [2.45, 2.75) is 25.7 Å². The smallest absolute Gasteiger partial charge is 0.188 e. The van der Waals surface area contributed by atoms with Crippen LogP contribution in [0.5, 0.6) is 0 Å². The van der Waals surface area contributed by atoms with E-state index in [4.69, 9.17) is 5.73 Å². The molecule has 0 unspecified atom stereocenters. The van der Waals surface area contributed by atoms with Crippen LogP contribution < -0.4 is 11.1 Å². The maximum atomic E-state index is 5.87. The maximum Gasteiger partial charge on any atom is 0.188 e. The number of nitrogens with one attached hydrogen (secondary N) is 2. The number of hydrogen-bond acceptors (Lipinski definition) is 1. The van der Waals surface area contributed by atoms with Crippen molar-refractivity contribution in [3.8, 4) is 0 Å². The number of rotatable bonds is 5. The van der Waals surface area contributed by atoms with E-state index in [1.54, 1.807) is 0 Å². The molecule has 20 heavy (non-hydrogen) atoms. The summed E-state index contributed by atoms with van der Waals surface area (Å²) in [5.41, 5.74) is 8.37. The van der Waals surface area contributed by atoms with Gasteiger partial charge in [0.25, 0.3) is 0 Å². The first kappa shape index (κ1) is 13.0. The number of benzene rings is 1. The Morgan fingerprint density at radius 1 is 1.35 bits per heavy atom. The van der Waals surface area contributed by atoms with Gasteiger partial charge in [-0.2, -0.15) is 0 Å². The Hall–Kier alpha value is -1.97. The van der Waals surface area contributed by atoms with Crippen LogP contribution in [0.2, 0.25) is 0 Å². The molecule has 1 aliphatic carbocycles. The standard InChI is InChI=1S/C16H22N4/c17-16(20-11-13-2-1-3-13)19-8-6-12-4-5-15-14(10-12)7-9-18-15/h4-5,7,9-10,13,18H,1-3,6,8,11H2,(H3,17,19,20). The van der Waals surface area contributed by atoms with E-state index in [9.17, 15) is 0 Å². The van der Waals surface area contributed by atoms with Gasteiger partial charge in [-0.05, 0) is 54.3 Å². The van der Waals surface area contributed by atoms with Gasteiger partial charge in [-0.1, -0.05) is 12.5 Å². The summed E-state index contributed by atoms with van der Waals surface area (Å²) in [6.45, 7) is 1.71. The van der Waals surface area contributed by atoms with Gasteiger partial charge in [0.1, 0.15) is 0 Å². The summed E-state index contributed by atoms with van der Waals surface area (Å²) in [7, 11) is 0. The fraction of sp³-hybridized carbons (Fsp3) is 0.438. The van der Waals surface area contributed by atoms with Crippen molar-refractivity contribution < 1.29 is 0 Å². The van der Waals surface area contributed by atoms with Crippen molar-refractivity contribution in [1.29, 1.82) is 0 Å². The second-order valence-electron chi connectivity index (χ2n) is 5.60. The van der Waals surface area contributed by atoms with E-state index in [1.807, 2.05) is 6.20 Å². The van der Waals surface area contributed by atoms with Gasteiger partial charge in [-0.3, -0.25) is 4.99 Å². The van der Waals surface area contributed by atoms with Gasteiger partial charge in [0.05, 0.1) is 0 Å². The van der Waals surface area contributed by atoms with E-state index < -0.39 is 0 Å². The van der Waals surface area contributed by atoms with Crippen molar-refractivity contribution >= 4 is 16.9 Å². The summed E-state index contributed by atoms with van der Waals surface area (Å²) in [6, 6.07) is 8.59. The van der Waals surface area contributed by atoms with E-state index in [2.05, 4.69) is 39.6 Å². The van der Waals surface area contributed by atoms with Gasteiger partial charge in [0, 0.05) is 24.8 Å². The minimum atomic E-state index is 0.583. The maximum absolute atomic E-state index is 5.87. The van der Waals surface area contributed by atoms with Crippen LogP contribution in [0.15, 0.2) is 35.5 Å². The molecule has 1 aromatic carbocycles. The Labute approximate surface area is 119 Å². The minimum Gasteiger partial charge on any atom is -0.370 e. The quantitative estimate of drug-likeness (QED) is 0.577. The van der Waals surface area contributed by atoms with Gasteiger partial charge in [-0.15, -0.1) is 0 Å². The van der Waals surface area contributed by atoms with Crippen LogP contribution in [0.1, 0.15) is 24.8 Å². The molecule has 1 saturated carbocycles. The van der Waals surface area contributed by atoms with Crippen LogP contribution in [0.4, 0.5) is 0 Å². The molecule has 0 aliphatic heterocycles. The minimum absolute atomic E-state index is 0.583. The number of hydrogen-bond donors (Lipinski definition) is 3. The molecule has 2 aromatic rings. The molecule has 0 saturated heterocycles. The normalized spacial score (nSPS) is 16.3. The number of H-pyrrole nitrogens is 1. The number of nitrogens with two attached hydrogens (primary N) is 1. The molecule has 4 N–H and O–H groups in total. The number of fused-ring (bicyclic) bond motifs is 1. The number of guanidine groups is 1. The van der Waals surface area contributed by atoms with Crippen molar-refractivity contribution in [3.63, 3.8) is 0 Å². The first-order valence-corrected chi connectivity index (χ1v) is 7.41. The largest absolute Gasteiger partial charge is 0.370 e. The van der Waals surface area contributed by atoms with Gasteiger partial charge in [-0.25, -0.2) is 0 Å². The Kier molecular flexibility index (Phi) is 3.90. The van der Waals surface area contributed by atoms with Crippen LogP contribution in [-0.4, -0.2) is 24.0 Å².